The van der Waals surface area contributed by atoms with Crippen LogP contribution in [0.3, 0.4) is 0 Å². The molecule has 2 aliphatic rings. The SMILES string of the molecule is Cc1cc(C2C(C#N)=C(N)N(c3cc([N+](=O)[O-])ccc3Cl)C3=C2C(=O)CCC3)c(C)s1. The number of carbonyl (C=O) groups excluding carboxylic acids is 1. The molecule has 1 aromatic carbocycles. The number of nitriles is 1. The Labute approximate surface area is 188 Å². The smallest absolute Gasteiger partial charge is 0.271 e. The minimum atomic E-state index is -0.550. The number of nitrogens with zero attached hydrogens (tertiary/aromatic N) is 3. The van der Waals surface area contributed by atoms with Crippen LogP contribution in [0.15, 0.2) is 46.9 Å². The van der Waals surface area contributed by atoms with Crippen molar-refractivity contribution in [2.75, 3.05) is 4.90 Å². The van der Waals surface area contributed by atoms with Gasteiger partial charge in [0.05, 0.1) is 33.2 Å². The minimum Gasteiger partial charge on any atom is -0.384 e. The highest BCUT2D eigenvalue weighted by atomic mass is 35.5. The first kappa shape index (κ1) is 21.1. The molecule has 1 unspecified atom stereocenters. The number of carbonyl (C=O) groups is 1. The van der Waals surface area contributed by atoms with E-state index in [1.54, 1.807) is 16.2 Å². The lowest BCUT2D eigenvalue weighted by Gasteiger charge is -2.39. The van der Waals surface area contributed by atoms with Crippen LogP contribution in [0.5, 0.6) is 0 Å². The van der Waals surface area contributed by atoms with Crippen LogP contribution in [0.1, 0.15) is 40.5 Å². The Hall–Kier alpha value is -3.15. The fraction of sp³-hybridized carbons (Fsp3) is 0.273. The summed E-state index contributed by atoms with van der Waals surface area (Å²) in [6, 6.07) is 8.26. The number of nitro groups is 1. The molecule has 9 heteroatoms. The quantitative estimate of drug-likeness (QED) is 0.501. The van der Waals surface area contributed by atoms with Gasteiger partial charge in [0.15, 0.2) is 5.78 Å². The number of benzene rings is 1. The van der Waals surface area contributed by atoms with Crippen LogP contribution in [0.25, 0.3) is 0 Å². The summed E-state index contributed by atoms with van der Waals surface area (Å²) < 4.78 is 0. The van der Waals surface area contributed by atoms with Gasteiger partial charge in [0.25, 0.3) is 5.69 Å². The van der Waals surface area contributed by atoms with Gasteiger partial charge in [0.2, 0.25) is 0 Å². The Morgan fingerprint density at radius 1 is 1.32 bits per heavy atom. The number of halogens is 1. The van der Waals surface area contributed by atoms with E-state index in [0.717, 1.165) is 15.3 Å². The standard InChI is InChI=1S/C22H19ClN4O3S/c1-11-8-14(12(2)31-11)20-15(10-24)22(25)26(17-4-3-5-19(28)21(17)20)18-9-13(27(29)30)6-7-16(18)23/h6-9,20H,3-5,25H2,1-2H3. The molecule has 2 aromatic rings. The number of non-ortho nitro benzene ring substituents is 1. The average molecular weight is 455 g/mol. The third-order valence-corrected chi connectivity index (χ3v) is 6.99. The number of Topliss-reactive ketones (excluding diaryl/α,β-unsaturated/α-hetero) is 1. The normalized spacial score (nSPS) is 18.8. The van der Waals surface area contributed by atoms with E-state index in [2.05, 4.69) is 6.07 Å². The molecule has 4 rings (SSSR count). The number of allylic oxidation sites excluding steroid dienone is 3. The second-order valence-corrected chi connectivity index (χ2v) is 9.45. The summed E-state index contributed by atoms with van der Waals surface area (Å²) in [6.07, 6.45) is 1.56. The second-order valence-electron chi connectivity index (χ2n) is 7.58. The number of ketones is 1. The van der Waals surface area contributed by atoms with Crippen molar-refractivity contribution in [3.63, 3.8) is 0 Å². The summed E-state index contributed by atoms with van der Waals surface area (Å²) in [6.45, 7) is 3.95. The fourth-order valence-corrected chi connectivity index (χ4v) is 5.56. The van der Waals surface area contributed by atoms with Gasteiger partial charge in [-0.1, -0.05) is 11.6 Å². The third kappa shape index (κ3) is 3.40. The van der Waals surface area contributed by atoms with Crippen molar-refractivity contribution in [1.29, 1.82) is 5.26 Å². The molecule has 0 saturated carbocycles. The number of thiophene rings is 1. The zero-order valence-corrected chi connectivity index (χ0v) is 18.5. The maximum Gasteiger partial charge on any atom is 0.271 e. The van der Waals surface area contributed by atoms with Gasteiger partial charge in [-0.2, -0.15) is 5.26 Å². The van der Waals surface area contributed by atoms with Crippen LogP contribution in [0, 0.1) is 35.3 Å². The zero-order valence-electron chi connectivity index (χ0n) is 16.9. The van der Waals surface area contributed by atoms with Crippen molar-refractivity contribution in [1.82, 2.24) is 0 Å². The van der Waals surface area contributed by atoms with Gasteiger partial charge in [-0.25, -0.2) is 0 Å². The lowest BCUT2D eigenvalue weighted by molar-refractivity contribution is -0.384. The molecule has 1 aliphatic heterocycles. The van der Waals surface area contributed by atoms with Crippen LogP contribution in [-0.2, 0) is 4.79 Å². The number of hydrogen-bond donors (Lipinski definition) is 1. The molecule has 0 saturated heterocycles. The number of hydrogen-bond acceptors (Lipinski definition) is 7. The first-order valence-electron chi connectivity index (χ1n) is 9.71. The minimum absolute atomic E-state index is 0.0405. The average Bonchev–Trinajstić information content (AvgIpc) is 3.05. The lowest BCUT2D eigenvalue weighted by atomic mass is 9.75. The maximum absolute atomic E-state index is 13.1. The summed E-state index contributed by atoms with van der Waals surface area (Å²) in [5.74, 6) is -0.445. The molecule has 158 valence electrons. The van der Waals surface area contributed by atoms with E-state index in [0.29, 0.717) is 36.2 Å². The molecule has 7 nitrogen and oxygen atoms in total. The van der Waals surface area contributed by atoms with Crippen LogP contribution in [-0.4, -0.2) is 10.7 Å². The lowest BCUT2D eigenvalue weighted by Crippen LogP contribution is -2.39. The van der Waals surface area contributed by atoms with E-state index >= 15 is 0 Å². The highest BCUT2D eigenvalue weighted by Gasteiger charge is 2.41. The number of nitro benzene ring substituents is 1. The van der Waals surface area contributed by atoms with Gasteiger partial charge in [0, 0.05) is 39.6 Å². The molecular weight excluding hydrogens is 436 g/mol. The topological polar surface area (TPSA) is 113 Å². The molecule has 0 spiro atoms. The van der Waals surface area contributed by atoms with Gasteiger partial charge in [-0.05, 0) is 44.4 Å². The number of anilines is 1. The molecular formula is C22H19ClN4O3S. The molecule has 31 heavy (non-hydrogen) atoms. The molecule has 2 heterocycles. The van der Waals surface area contributed by atoms with Crippen molar-refractivity contribution in [3.05, 3.63) is 77.4 Å². The summed E-state index contributed by atoms with van der Waals surface area (Å²) in [4.78, 5) is 27.6. The van der Waals surface area contributed by atoms with E-state index in [9.17, 15) is 20.2 Å². The van der Waals surface area contributed by atoms with Crippen LogP contribution in [0.2, 0.25) is 5.02 Å². The number of nitrogens with two attached hydrogens (primary N) is 1. The van der Waals surface area contributed by atoms with E-state index in [1.807, 2.05) is 19.9 Å². The number of aryl methyl sites for hydroxylation is 2. The molecule has 0 amide bonds. The third-order valence-electron chi connectivity index (χ3n) is 5.69. The molecule has 2 N–H and O–H groups in total. The van der Waals surface area contributed by atoms with Crippen molar-refractivity contribution < 1.29 is 9.72 Å². The highest BCUT2D eigenvalue weighted by molar-refractivity contribution is 7.12. The maximum atomic E-state index is 13.1. The molecule has 0 radical (unpaired) electrons. The van der Waals surface area contributed by atoms with E-state index in [-0.39, 0.29) is 27.9 Å². The Kier molecular flexibility index (Phi) is 5.33. The van der Waals surface area contributed by atoms with Crippen LogP contribution >= 0.6 is 22.9 Å². The summed E-state index contributed by atoms with van der Waals surface area (Å²) >= 11 is 8.01. The Morgan fingerprint density at radius 2 is 2.06 bits per heavy atom. The van der Waals surface area contributed by atoms with Crippen molar-refractivity contribution in [3.8, 4) is 6.07 Å². The van der Waals surface area contributed by atoms with Crippen LogP contribution in [0.4, 0.5) is 11.4 Å². The first-order chi connectivity index (χ1) is 14.7. The monoisotopic (exact) mass is 454 g/mol. The first-order valence-corrected chi connectivity index (χ1v) is 10.9. The van der Waals surface area contributed by atoms with Crippen molar-refractivity contribution >= 4 is 40.1 Å². The largest absolute Gasteiger partial charge is 0.384 e. The van der Waals surface area contributed by atoms with Gasteiger partial charge >= 0.3 is 0 Å². The van der Waals surface area contributed by atoms with E-state index < -0.39 is 10.8 Å². The van der Waals surface area contributed by atoms with Gasteiger partial charge in [-0.3, -0.25) is 19.8 Å². The zero-order chi connectivity index (χ0) is 22.4. The van der Waals surface area contributed by atoms with Crippen molar-refractivity contribution in [2.45, 2.75) is 39.0 Å². The second kappa shape index (κ2) is 7.84. The molecule has 0 fully saturated rings. The summed E-state index contributed by atoms with van der Waals surface area (Å²) in [7, 11) is 0. The van der Waals surface area contributed by atoms with Gasteiger partial charge in [0.1, 0.15) is 5.82 Å². The Bertz CT molecular complexity index is 1240. The molecule has 0 bridgehead atoms. The summed E-state index contributed by atoms with van der Waals surface area (Å²) in [5, 5.41) is 21.6. The molecule has 1 aliphatic carbocycles. The summed E-state index contributed by atoms with van der Waals surface area (Å²) in [5.41, 5.74) is 8.98. The Morgan fingerprint density at radius 3 is 2.68 bits per heavy atom. The van der Waals surface area contributed by atoms with E-state index in [4.69, 9.17) is 17.3 Å². The molecule has 1 aromatic heterocycles. The van der Waals surface area contributed by atoms with Gasteiger partial charge < -0.3 is 5.73 Å². The molecule has 1 atom stereocenters. The van der Waals surface area contributed by atoms with Gasteiger partial charge in [-0.15, -0.1) is 11.3 Å². The van der Waals surface area contributed by atoms with Crippen LogP contribution < -0.4 is 10.6 Å². The number of rotatable bonds is 3. The predicted octanol–water partition coefficient (Wildman–Crippen LogP) is 5.23. The van der Waals surface area contributed by atoms with E-state index in [1.165, 1.54) is 18.2 Å². The Balaban J connectivity index is 2.01. The predicted molar refractivity (Wildman–Crippen MR) is 120 cm³/mol. The van der Waals surface area contributed by atoms with Crippen molar-refractivity contribution in [2.24, 2.45) is 5.73 Å². The highest BCUT2D eigenvalue weighted by Crippen LogP contribution is 2.49. The fourth-order valence-electron chi connectivity index (χ4n) is 4.40.